The summed E-state index contributed by atoms with van der Waals surface area (Å²) in [5.41, 5.74) is 1.54. The molecule has 0 aliphatic carbocycles. The fraction of sp³-hybridized carbons (Fsp3) is 0.0588. The van der Waals surface area contributed by atoms with E-state index in [4.69, 9.17) is 5.26 Å². The first-order chi connectivity index (χ1) is 9.78. The van der Waals surface area contributed by atoms with E-state index in [1.165, 1.54) is 0 Å². The Bertz CT molecular complexity index is 872. The average Bonchev–Trinajstić information content (AvgIpc) is 2.50. The second-order valence-corrected chi connectivity index (χ2v) is 4.65. The van der Waals surface area contributed by atoms with Gasteiger partial charge in [-0.05, 0) is 35.2 Å². The maximum atomic E-state index is 12.4. The van der Waals surface area contributed by atoms with Crippen molar-refractivity contribution in [1.29, 1.82) is 5.26 Å². The third kappa shape index (κ3) is 2.19. The van der Waals surface area contributed by atoms with Crippen LogP contribution in [0.15, 0.2) is 65.6 Å². The van der Waals surface area contributed by atoms with Gasteiger partial charge in [0.15, 0.2) is 0 Å². The van der Waals surface area contributed by atoms with Crippen molar-refractivity contribution in [2.75, 3.05) is 0 Å². The van der Waals surface area contributed by atoms with Gasteiger partial charge in [-0.1, -0.05) is 30.3 Å². The Morgan fingerprint density at radius 2 is 1.90 bits per heavy atom. The maximum Gasteiger partial charge on any atom is 0.258 e. The summed E-state index contributed by atoms with van der Waals surface area (Å²) in [6.45, 7) is 0.471. The summed E-state index contributed by atoms with van der Waals surface area (Å²) in [5.74, 6) is 0. The van der Waals surface area contributed by atoms with Gasteiger partial charge in [-0.25, -0.2) is 0 Å². The van der Waals surface area contributed by atoms with Crippen molar-refractivity contribution in [3.05, 3.63) is 82.3 Å². The van der Waals surface area contributed by atoms with Gasteiger partial charge in [-0.3, -0.25) is 4.79 Å². The molecule has 0 atom stereocenters. The van der Waals surface area contributed by atoms with Gasteiger partial charge in [0.2, 0.25) is 0 Å². The number of pyridine rings is 1. The summed E-state index contributed by atoms with van der Waals surface area (Å²) < 4.78 is 1.67. The number of fused-ring (bicyclic) bond motifs is 1. The molecule has 0 radical (unpaired) electrons. The van der Waals surface area contributed by atoms with Crippen LogP contribution in [0.2, 0.25) is 0 Å². The number of aromatic nitrogens is 1. The van der Waals surface area contributed by atoms with Gasteiger partial charge in [-0.2, -0.15) is 5.26 Å². The summed E-state index contributed by atoms with van der Waals surface area (Å²) in [5, 5.41) is 10.6. The number of nitriles is 1. The zero-order valence-corrected chi connectivity index (χ0v) is 10.8. The van der Waals surface area contributed by atoms with Crippen LogP contribution in [-0.4, -0.2) is 4.57 Å². The summed E-state index contributed by atoms with van der Waals surface area (Å²) >= 11 is 0. The Kier molecular flexibility index (Phi) is 3.06. The van der Waals surface area contributed by atoms with Crippen molar-refractivity contribution in [1.82, 2.24) is 4.57 Å². The van der Waals surface area contributed by atoms with E-state index < -0.39 is 0 Å². The molecule has 3 heteroatoms. The Hall–Kier alpha value is -2.86. The second kappa shape index (κ2) is 5.02. The number of hydrogen-bond acceptors (Lipinski definition) is 2. The Balaban J connectivity index is 2.05. The molecule has 1 heterocycles. The summed E-state index contributed by atoms with van der Waals surface area (Å²) in [7, 11) is 0. The van der Waals surface area contributed by atoms with Gasteiger partial charge in [0, 0.05) is 11.6 Å². The lowest BCUT2D eigenvalue weighted by Crippen LogP contribution is -2.19. The van der Waals surface area contributed by atoms with E-state index in [2.05, 4.69) is 6.07 Å². The van der Waals surface area contributed by atoms with Crippen molar-refractivity contribution in [2.45, 2.75) is 6.54 Å². The van der Waals surface area contributed by atoms with E-state index in [9.17, 15) is 4.79 Å². The molecule has 0 aliphatic heterocycles. The highest BCUT2D eigenvalue weighted by molar-refractivity contribution is 5.81. The standard InChI is InChI=1S/C17H12N2O/c18-11-13-4-3-5-14(10-13)12-19-9-8-15-6-1-2-7-16(15)17(19)20/h1-10H,12H2. The Morgan fingerprint density at radius 3 is 2.75 bits per heavy atom. The van der Waals surface area contributed by atoms with Crippen molar-refractivity contribution < 1.29 is 0 Å². The van der Waals surface area contributed by atoms with Crippen LogP contribution in [0, 0.1) is 11.3 Å². The molecule has 0 saturated heterocycles. The van der Waals surface area contributed by atoms with Gasteiger partial charge in [0.25, 0.3) is 5.56 Å². The fourth-order valence-electron chi connectivity index (χ4n) is 2.29. The molecule has 0 unspecified atom stereocenters. The van der Waals surface area contributed by atoms with E-state index >= 15 is 0 Å². The minimum atomic E-state index is -0.00883. The molecule has 0 fully saturated rings. The number of nitrogens with zero attached hydrogens (tertiary/aromatic N) is 2. The third-order valence-corrected chi connectivity index (χ3v) is 3.30. The molecule has 0 bridgehead atoms. The first-order valence-electron chi connectivity index (χ1n) is 6.35. The van der Waals surface area contributed by atoms with Crippen molar-refractivity contribution in [3.8, 4) is 6.07 Å². The lowest BCUT2D eigenvalue weighted by Gasteiger charge is -2.07. The van der Waals surface area contributed by atoms with Gasteiger partial charge in [0.05, 0.1) is 18.2 Å². The van der Waals surface area contributed by atoms with Crippen LogP contribution >= 0.6 is 0 Å². The molecule has 3 rings (SSSR count). The molecule has 0 N–H and O–H groups in total. The molecule has 20 heavy (non-hydrogen) atoms. The molecule has 3 aromatic rings. The van der Waals surface area contributed by atoms with Crippen LogP contribution in [0.3, 0.4) is 0 Å². The predicted molar refractivity (Wildman–Crippen MR) is 78.5 cm³/mol. The highest BCUT2D eigenvalue weighted by Crippen LogP contribution is 2.10. The smallest absolute Gasteiger partial charge is 0.258 e. The highest BCUT2D eigenvalue weighted by atomic mass is 16.1. The molecule has 96 valence electrons. The van der Waals surface area contributed by atoms with Crippen LogP contribution in [0.25, 0.3) is 10.8 Å². The minimum absolute atomic E-state index is 0.00883. The highest BCUT2D eigenvalue weighted by Gasteiger charge is 2.03. The fourth-order valence-corrected chi connectivity index (χ4v) is 2.29. The molecule has 2 aromatic carbocycles. The first-order valence-corrected chi connectivity index (χ1v) is 6.35. The second-order valence-electron chi connectivity index (χ2n) is 4.65. The largest absolute Gasteiger partial charge is 0.311 e. The van der Waals surface area contributed by atoms with E-state index in [1.807, 2.05) is 48.5 Å². The molecular weight excluding hydrogens is 248 g/mol. The zero-order chi connectivity index (χ0) is 13.9. The van der Waals surface area contributed by atoms with Crippen LogP contribution in [0.5, 0.6) is 0 Å². The van der Waals surface area contributed by atoms with Crippen LogP contribution in [-0.2, 0) is 6.54 Å². The predicted octanol–water partition coefficient (Wildman–Crippen LogP) is 2.92. The van der Waals surface area contributed by atoms with Crippen LogP contribution < -0.4 is 5.56 Å². The van der Waals surface area contributed by atoms with Gasteiger partial charge < -0.3 is 4.57 Å². The molecule has 0 amide bonds. The lowest BCUT2D eigenvalue weighted by atomic mass is 10.1. The van der Waals surface area contributed by atoms with Gasteiger partial charge in [0.1, 0.15) is 0 Å². The number of rotatable bonds is 2. The quantitative estimate of drug-likeness (QED) is 0.711. The summed E-state index contributed by atoms with van der Waals surface area (Å²) in [6.07, 6.45) is 1.80. The number of hydrogen-bond donors (Lipinski definition) is 0. The van der Waals surface area contributed by atoms with Gasteiger partial charge in [-0.15, -0.1) is 0 Å². The zero-order valence-electron chi connectivity index (χ0n) is 10.8. The topological polar surface area (TPSA) is 45.8 Å². The monoisotopic (exact) mass is 260 g/mol. The van der Waals surface area contributed by atoms with Crippen molar-refractivity contribution in [2.24, 2.45) is 0 Å². The molecule has 0 saturated carbocycles. The lowest BCUT2D eigenvalue weighted by molar-refractivity contribution is 0.768. The third-order valence-electron chi connectivity index (χ3n) is 3.30. The van der Waals surface area contributed by atoms with E-state index in [0.717, 1.165) is 10.9 Å². The summed E-state index contributed by atoms with van der Waals surface area (Å²) in [4.78, 5) is 12.4. The van der Waals surface area contributed by atoms with Crippen LogP contribution in [0.1, 0.15) is 11.1 Å². The molecule has 1 aromatic heterocycles. The normalized spacial score (nSPS) is 10.3. The minimum Gasteiger partial charge on any atom is -0.311 e. The van der Waals surface area contributed by atoms with Crippen molar-refractivity contribution in [3.63, 3.8) is 0 Å². The number of benzene rings is 2. The van der Waals surface area contributed by atoms with E-state index in [-0.39, 0.29) is 5.56 Å². The SMILES string of the molecule is N#Cc1cccc(Cn2ccc3ccccc3c2=O)c1. The average molecular weight is 260 g/mol. The molecular formula is C17H12N2O. The molecule has 0 aliphatic rings. The maximum absolute atomic E-state index is 12.4. The van der Waals surface area contributed by atoms with Crippen LogP contribution in [0.4, 0.5) is 0 Å². The van der Waals surface area contributed by atoms with Gasteiger partial charge >= 0.3 is 0 Å². The Morgan fingerprint density at radius 1 is 1.05 bits per heavy atom. The van der Waals surface area contributed by atoms with E-state index in [0.29, 0.717) is 17.5 Å². The van der Waals surface area contributed by atoms with E-state index in [1.54, 1.807) is 16.8 Å². The molecule has 0 spiro atoms. The molecule has 3 nitrogen and oxygen atoms in total. The Labute approximate surface area is 116 Å². The van der Waals surface area contributed by atoms with Crippen molar-refractivity contribution >= 4 is 10.8 Å². The first kappa shape index (κ1) is 12.2. The summed E-state index contributed by atoms with van der Waals surface area (Å²) in [6, 6.07) is 18.9.